The van der Waals surface area contributed by atoms with E-state index in [1.54, 1.807) is 0 Å². The van der Waals surface area contributed by atoms with Gasteiger partial charge in [0.15, 0.2) is 0 Å². The number of benzene rings is 1. The van der Waals surface area contributed by atoms with E-state index in [2.05, 4.69) is 4.90 Å². The first-order chi connectivity index (χ1) is 8.70. The largest absolute Gasteiger partial charge is 0.494 e. The molecule has 2 rings (SSSR count). The van der Waals surface area contributed by atoms with Gasteiger partial charge in [-0.1, -0.05) is 6.07 Å². The topological polar surface area (TPSA) is 49.8 Å². The molecule has 0 aliphatic carbocycles. The second-order valence-corrected chi connectivity index (χ2v) is 4.53. The molecule has 0 atom stereocenters. The third-order valence-electron chi connectivity index (χ3n) is 3.34. The summed E-state index contributed by atoms with van der Waals surface area (Å²) in [6.07, 6.45) is 1.43. The summed E-state index contributed by atoms with van der Waals surface area (Å²) in [5.41, 5.74) is 1.12. The first-order valence-corrected chi connectivity index (χ1v) is 6.41. The maximum Gasteiger partial charge on any atom is 0.306 e. The zero-order chi connectivity index (χ0) is 13.0. The van der Waals surface area contributed by atoms with Crippen molar-refractivity contribution in [1.82, 2.24) is 0 Å². The molecule has 1 saturated heterocycles. The summed E-state index contributed by atoms with van der Waals surface area (Å²) in [7, 11) is 0. The maximum atomic E-state index is 10.9. The van der Waals surface area contributed by atoms with Crippen LogP contribution in [0.1, 0.15) is 19.8 Å². The molecule has 1 heterocycles. The van der Waals surface area contributed by atoms with Crippen molar-refractivity contribution in [2.75, 3.05) is 24.6 Å². The van der Waals surface area contributed by atoms with Crippen molar-refractivity contribution in [2.45, 2.75) is 19.8 Å². The highest BCUT2D eigenvalue weighted by Gasteiger charge is 2.24. The average Bonchev–Trinajstić information content (AvgIpc) is 2.39. The molecule has 1 fully saturated rings. The van der Waals surface area contributed by atoms with E-state index in [0.29, 0.717) is 19.4 Å². The predicted molar refractivity (Wildman–Crippen MR) is 70.2 cm³/mol. The average molecular weight is 249 g/mol. The Bertz CT molecular complexity index is 411. The van der Waals surface area contributed by atoms with Crippen LogP contribution < -0.4 is 9.64 Å². The second-order valence-electron chi connectivity index (χ2n) is 4.53. The molecule has 0 amide bonds. The van der Waals surface area contributed by atoms with Crippen LogP contribution >= 0.6 is 0 Å². The van der Waals surface area contributed by atoms with Gasteiger partial charge in [-0.2, -0.15) is 0 Å². The Morgan fingerprint density at radius 3 is 2.78 bits per heavy atom. The van der Waals surface area contributed by atoms with Crippen LogP contribution in [0.4, 0.5) is 5.69 Å². The van der Waals surface area contributed by atoms with Gasteiger partial charge in [-0.05, 0) is 31.9 Å². The molecule has 0 unspecified atom stereocenters. The van der Waals surface area contributed by atoms with Gasteiger partial charge in [0.05, 0.1) is 12.5 Å². The smallest absolute Gasteiger partial charge is 0.306 e. The molecule has 18 heavy (non-hydrogen) atoms. The van der Waals surface area contributed by atoms with Crippen LogP contribution in [0, 0.1) is 5.92 Å². The zero-order valence-corrected chi connectivity index (χ0v) is 10.6. The maximum absolute atomic E-state index is 10.9. The van der Waals surface area contributed by atoms with Crippen molar-refractivity contribution in [3.05, 3.63) is 24.3 Å². The van der Waals surface area contributed by atoms with Gasteiger partial charge in [0.1, 0.15) is 5.75 Å². The number of hydrogen-bond donors (Lipinski definition) is 1. The predicted octanol–water partition coefficient (Wildman–Crippen LogP) is 2.39. The molecule has 98 valence electrons. The Labute approximate surface area is 107 Å². The molecule has 1 aliphatic rings. The van der Waals surface area contributed by atoms with Gasteiger partial charge in [-0.25, -0.2) is 0 Å². The molecule has 0 bridgehead atoms. The minimum absolute atomic E-state index is 0.184. The Morgan fingerprint density at radius 1 is 1.44 bits per heavy atom. The van der Waals surface area contributed by atoms with Gasteiger partial charge in [0, 0.05) is 24.8 Å². The van der Waals surface area contributed by atoms with Crippen LogP contribution in [0.2, 0.25) is 0 Å². The van der Waals surface area contributed by atoms with Crippen LogP contribution in [-0.4, -0.2) is 30.8 Å². The van der Waals surface area contributed by atoms with Gasteiger partial charge in [0.25, 0.3) is 0 Å². The number of carboxylic acids is 1. The van der Waals surface area contributed by atoms with Gasteiger partial charge < -0.3 is 14.7 Å². The van der Waals surface area contributed by atoms with Gasteiger partial charge in [-0.15, -0.1) is 0 Å². The van der Waals surface area contributed by atoms with Crippen molar-refractivity contribution in [3.63, 3.8) is 0 Å². The van der Waals surface area contributed by atoms with Crippen molar-refractivity contribution in [3.8, 4) is 5.75 Å². The van der Waals surface area contributed by atoms with Gasteiger partial charge in [0.2, 0.25) is 0 Å². The Kier molecular flexibility index (Phi) is 4.07. The van der Waals surface area contributed by atoms with Crippen LogP contribution in [0.25, 0.3) is 0 Å². The molecule has 1 aliphatic heterocycles. The van der Waals surface area contributed by atoms with Gasteiger partial charge in [-0.3, -0.25) is 4.79 Å². The highest BCUT2D eigenvalue weighted by Crippen LogP contribution is 2.26. The first kappa shape index (κ1) is 12.7. The van der Waals surface area contributed by atoms with Crippen LogP contribution in [0.3, 0.4) is 0 Å². The lowest BCUT2D eigenvalue weighted by Crippen LogP contribution is -2.36. The third kappa shape index (κ3) is 2.94. The monoisotopic (exact) mass is 249 g/mol. The number of piperidine rings is 1. The lowest BCUT2D eigenvalue weighted by Gasteiger charge is -2.32. The lowest BCUT2D eigenvalue weighted by molar-refractivity contribution is -0.142. The molecule has 0 spiro atoms. The molecule has 4 heteroatoms. The Balaban J connectivity index is 2.00. The molecule has 0 saturated carbocycles. The summed E-state index contributed by atoms with van der Waals surface area (Å²) in [5, 5.41) is 8.97. The fourth-order valence-corrected chi connectivity index (χ4v) is 2.32. The van der Waals surface area contributed by atoms with E-state index in [1.165, 1.54) is 0 Å². The van der Waals surface area contributed by atoms with E-state index in [9.17, 15) is 4.79 Å². The second kappa shape index (κ2) is 5.76. The molecular formula is C14H19NO3. The Morgan fingerprint density at radius 2 is 2.17 bits per heavy atom. The number of anilines is 1. The summed E-state index contributed by atoms with van der Waals surface area (Å²) in [4.78, 5) is 13.1. The number of carboxylic acid groups (broad SMARTS) is 1. The van der Waals surface area contributed by atoms with E-state index >= 15 is 0 Å². The lowest BCUT2D eigenvalue weighted by atomic mass is 9.97. The van der Waals surface area contributed by atoms with E-state index in [1.807, 2.05) is 31.2 Å². The minimum Gasteiger partial charge on any atom is -0.494 e. The highest BCUT2D eigenvalue weighted by molar-refractivity contribution is 5.70. The molecule has 1 N–H and O–H groups in total. The van der Waals surface area contributed by atoms with Crippen molar-refractivity contribution >= 4 is 11.7 Å². The quantitative estimate of drug-likeness (QED) is 0.890. The van der Waals surface area contributed by atoms with E-state index in [0.717, 1.165) is 24.5 Å². The number of ether oxygens (including phenoxy) is 1. The standard InChI is InChI=1S/C14H19NO3/c1-2-18-13-5-3-4-12(10-13)15-8-6-11(7-9-15)14(16)17/h3-5,10-11H,2,6-9H2,1H3,(H,16,17). The number of hydrogen-bond acceptors (Lipinski definition) is 3. The zero-order valence-electron chi connectivity index (χ0n) is 10.6. The van der Waals surface area contributed by atoms with Crippen LogP contribution in [-0.2, 0) is 4.79 Å². The van der Waals surface area contributed by atoms with Crippen molar-refractivity contribution < 1.29 is 14.6 Å². The van der Waals surface area contributed by atoms with Crippen LogP contribution in [0.5, 0.6) is 5.75 Å². The molecule has 0 aromatic heterocycles. The van der Waals surface area contributed by atoms with Crippen LogP contribution in [0.15, 0.2) is 24.3 Å². The molecule has 0 radical (unpaired) electrons. The first-order valence-electron chi connectivity index (χ1n) is 6.41. The van der Waals surface area contributed by atoms with Crippen molar-refractivity contribution in [1.29, 1.82) is 0 Å². The summed E-state index contributed by atoms with van der Waals surface area (Å²) in [6, 6.07) is 7.98. The van der Waals surface area contributed by atoms with E-state index in [-0.39, 0.29) is 5.92 Å². The molecular weight excluding hydrogens is 230 g/mol. The number of carbonyl (C=O) groups is 1. The van der Waals surface area contributed by atoms with E-state index in [4.69, 9.17) is 9.84 Å². The van der Waals surface area contributed by atoms with Gasteiger partial charge >= 0.3 is 5.97 Å². The normalized spacial score (nSPS) is 16.6. The fourth-order valence-electron chi connectivity index (χ4n) is 2.32. The molecule has 1 aromatic carbocycles. The minimum atomic E-state index is -0.669. The number of rotatable bonds is 4. The van der Waals surface area contributed by atoms with Crippen molar-refractivity contribution in [2.24, 2.45) is 5.92 Å². The molecule has 4 nitrogen and oxygen atoms in total. The number of nitrogens with zero attached hydrogens (tertiary/aromatic N) is 1. The number of aliphatic carboxylic acids is 1. The fraction of sp³-hybridized carbons (Fsp3) is 0.500. The third-order valence-corrected chi connectivity index (χ3v) is 3.34. The summed E-state index contributed by atoms with van der Waals surface area (Å²) in [5.74, 6) is 0.0180. The summed E-state index contributed by atoms with van der Waals surface area (Å²) in [6.45, 7) is 4.22. The Hall–Kier alpha value is -1.71. The highest BCUT2D eigenvalue weighted by atomic mass is 16.5. The summed E-state index contributed by atoms with van der Waals surface area (Å²) >= 11 is 0. The molecule has 1 aromatic rings. The summed E-state index contributed by atoms with van der Waals surface area (Å²) < 4.78 is 5.48. The van der Waals surface area contributed by atoms with E-state index < -0.39 is 5.97 Å². The SMILES string of the molecule is CCOc1cccc(N2CCC(C(=O)O)CC2)c1.